The number of thiazole rings is 1. The van der Waals surface area contributed by atoms with Crippen molar-refractivity contribution in [3.05, 3.63) is 40.7 Å². The minimum Gasteiger partial charge on any atom is -0.477 e. The third-order valence-corrected chi connectivity index (χ3v) is 12.0. The van der Waals surface area contributed by atoms with E-state index in [4.69, 9.17) is 14.2 Å². The molecule has 316 valence electrons. The Morgan fingerprint density at radius 3 is 1.88 bits per heavy atom. The van der Waals surface area contributed by atoms with Gasteiger partial charge in [0.2, 0.25) is 5.88 Å². The largest absolute Gasteiger partial charge is 0.477 e. The van der Waals surface area contributed by atoms with Crippen LogP contribution in [0.4, 0.5) is 23.8 Å². The van der Waals surface area contributed by atoms with Gasteiger partial charge in [0.25, 0.3) is 0 Å². The van der Waals surface area contributed by atoms with Gasteiger partial charge in [-0.15, -0.1) is 11.3 Å². The van der Waals surface area contributed by atoms with Gasteiger partial charge < -0.3 is 34.2 Å². The molecule has 18 heteroatoms. The van der Waals surface area contributed by atoms with Gasteiger partial charge in [-0.25, -0.2) is 29.3 Å². The fourth-order valence-corrected chi connectivity index (χ4v) is 8.25. The number of nitrogens with zero attached hydrogens (tertiary/aromatic N) is 6. The molecule has 3 fully saturated rings. The van der Waals surface area contributed by atoms with E-state index in [1.165, 1.54) is 18.5 Å². The summed E-state index contributed by atoms with van der Waals surface area (Å²) in [4.78, 5) is 60.5. The molecule has 3 saturated heterocycles. The van der Waals surface area contributed by atoms with E-state index in [9.17, 15) is 27.6 Å². The summed E-state index contributed by atoms with van der Waals surface area (Å²) >= 11 is 0.669. The van der Waals surface area contributed by atoms with Crippen molar-refractivity contribution in [1.82, 2.24) is 35.0 Å². The third-order valence-electron chi connectivity index (χ3n) is 11.1. The molecule has 14 nitrogen and oxygen atoms in total. The summed E-state index contributed by atoms with van der Waals surface area (Å²) in [5, 5.41) is 5.86. The van der Waals surface area contributed by atoms with Crippen LogP contribution in [0.3, 0.4) is 0 Å². The van der Waals surface area contributed by atoms with Crippen molar-refractivity contribution in [2.75, 3.05) is 92.1 Å². The number of hydrogen-bond donors (Lipinski definition) is 2. The molecule has 58 heavy (non-hydrogen) atoms. The first-order chi connectivity index (χ1) is 27.8. The first-order valence-corrected chi connectivity index (χ1v) is 20.8. The molecule has 2 N–H and O–H groups in total. The fraction of sp³-hybridized carbons (Fsp3) is 0.600. The number of urea groups is 1. The van der Waals surface area contributed by atoms with Crippen LogP contribution in [0, 0.1) is 17.8 Å². The molecule has 0 aromatic carbocycles. The molecule has 0 atom stereocenters. The number of alkyl halides is 3. The number of likely N-dealkylation sites (tertiary alicyclic amines) is 3. The van der Waals surface area contributed by atoms with E-state index in [2.05, 4.69) is 47.3 Å². The number of halogens is 3. The maximum atomic E-state index is 14.4. The van der Waals surface area contributed by atoms with Crippen LogP contribution in [-0.2, 0) is 15.7 Å². The standard InChI is InChI=1S/C40H53F3N8O6S/c1-5-44-39(54)48-34-33(38(53)57-23-27-10-16-51(4)17-11-27)32(36-47-31(24-58-36)40(41,42)43)30(20-45-34)29-18-28(37(52)56-22-26-8-14-50(3)15-9-26)19-46-35(29)55-21-25-6-12-49(2)13-7-25/h18-20,24-27H,5-17,21-23H2,1-4H3,(H2,44,45,48,54). The summed E-state index contributed by atoms with van der Waals surface area (Å²) in [5.74, 6) is -1.25. The number of pyridine rings is 2. The second-order valence-corrected chi connectivity index (χ2v) is 16.5. The molecular weight excluding hydrogens is 778 g/mol. The summed E-state index contributed by atoms with van der Waals surface area (Å²) in [6, 6.07) is 0.809. The van der Waals surface area contributed by atoms with Crippen molar-refractivity contribution in [1.29, 1.82) is 0 Å². The highest BCUT2D eigenvalue weighted by atomic mass is 32.1. The van der Waals surface area contributed by atoms with Gasteiger partial charge >= 0.3 is 24.1 Å². The zero-order chi connectivity index (χ0) is 41.4. The first kappa shape index (κ1) is 43.2. The molecule has 3 aliphatic rings. The highest BCUT2D eigenvalue weighted by molar-refractivity contribution is 7.13. The number of piperidine rings is 3. The van der Waals surface area contributed by atoms with Crippen molar-refractivity contribution in [2.45, 2.75) is 51.6 Å². The number of hydrogen-bond acceptors (Lipinski definition) is 13. The second-order valence-electron chi connectivity index (χ2n) is 15.6. The van der Waals surface area contributed by atoms with Gasteiger partial charge in [0.1, 0.15) is 16.4 Å². The SMILES string of the molecule is CCNC(=O)Nc1ncc(-c2cc(C(=O)OCC3CCN(C)CC3)cnc2OCC2CCN(C)CC2)c(-c2nc(C(F)(F)F)cs2)c1C(=O)OCC1CCN(C)CC1. The first-order valence-electron chi connectivity index (χ1n) is 19.9. The van der Waals surface area contributed by atoms with Crippen molar-refractivity contribution >= 4 is 35.1 Å². The molecule has 6 rings (SSSR count). The van der Waals surface area contributed by atoms with E-state index in [1.54, 1.807) is 6.92 Å². The number of anilines is 1. The molecule has 0 unspecified atom stereocenters. The summed E-state index contributed by atoms with van der Waals surface area (Å²) in [5.41, 5.74) is -1.18. The number of rotatable bonds is 13. The van der Waals surface area contributed by atoms with E-state index in [0.29, 0.717) is 11.3 Å². The molecule has 6 heterocycles. The third kappa shape index (κ3) is 11.2. The number of amides is 2. The van der Waals surface area contributed by atoms with Crippen LogP contribution in [0.1, 0.15) is 71.9 Å². The van der Waals surface area contributed by atoms with Crippen LogP contribution in [0.15, 0.2) is 23.8 Å². The number of ether oxygens (including phenoxy) is 3. The highest BCUT2D eigenvalue weighted by Crippen LogP contribution is 2.44. The number of nitrogens with one attached hydrogen (secondary N) is 2. The van der Waals surface area contributed by atoms with E-state index < -0.39 is 29.8 Å². The Morgan fingerprint density at radius 1 is 0.793 bits per heavy atom. The van der Waals surface area contributed by atoms with Gasteiger partial charge in [-0.3, -0.25) is 5.32 Å². The lowest BCUT2D eigenvalue weighted by atomic mass is 9.96. The lowest BCUT2D eigenvalue weighted by Crippen LogP contribution is -2.33. The Morgan fingerprint density at radius 2 is 1.34 bits per heavy atom. The lowest BCUT2D eigenvalue weighted by Gasteiger charge is -2.29. The fourth-order valence-electron chi connectivity index (χ4n) is 7.36. The van der Waals surface area contributed by atoms with Gasteiger partial charge in [0.15, 0.2) is 5.69 Å². The van der Waals surface area contributed by atoms with Gasteiger partial charge in [-0.05, 0) is 130 Å². The Balaban J connectivity index is 1.45. The van der Waals surface area contributed by atoms with E-state index in [-0.39, 0.29) is 88.6 Å². The summed E-state index contributed by atoms with van der Waals surface area (Å²) in [6.07, 6.45) is 2.96. The molecule has 0 spiro atoms. The van der Waals surface area contributed by atoms with Crippen molar-refractivity contribution in [2.24, 2.45) is 17.8 Å². The molecule has 2 amide bonds. The molecule has 0 saturated carbocycles. The van der Waals surface area contributed by atoms with Crippen molar-refractivity contribution < 1.29 is 41.8 Å². The molecule has 0 bridgehead atoms. The predicted octanol–water partition coefficient (Wildman–Crippen LogP) is 6.15. The zero-order valence-electron chi connectivity index (χ0n) is 33.5. The molecule has 3 aromatic rings. The summed E-state index contributed by atoms with van der Waals surface area (Å²) < 4.78 is 60.4. The Bertz CT molecular complexity index is 1890. The maximum absolute atomic E-state index is 14.4. The Kier molecular flexibility index (Phi) is 14.6. The number of esters is 2. The molecule has 3 aromatic heterocycles. The summed E-state index contributed by atoms with van der Waals surface area (Å²) in [7, 11) is 6.12. The minimum absolute atomic E-state index is 0.0493. The van der Waals surface area contributed by atoms with Crippen LogP contribution in [0.25, 0.3) is 21.7 Å². The number of carbonyl (C=O) groups is 3. The average molecular weight is 831 g/mol. The number of carbonyl (C=O) groups excluding carboxylic acids is 3. The normalized spacial score (nSPS) is 18.2. The van der Waals surface area contributed by atoms with Gasteiger partial charge in [-0.2, -0.15) is 13.2 Å². The molecular formula is C40H53F3N8O6S. The monoisotopic (exact) mass is 830 g/mol. The average Bonchev–Trinajstić information content (AvgIpc) is 3.71. The zero-order valence-corrected chi connectivity index (χ0v) is 34.3. The summed E-state index contributed by atoms with van der Waals surface area (Å²) in [6.45, 7) is 7.71. The van der Waals surface area contributed by atoms with Gasteiger partial charge in [-0.1, -0.05) is 0 Å². The molecule has 3 aliphatic heterocycles. The highest BCUT2D eigenvalue weighted by Gasteiger charge is 2.36. The maximum Gasteiger partial charge on any atom is 0.434 e. The van der Waals surface area contributed by atoms with Crippen LogP contribution in [0.2, 0.25) is 0 Å². The Hall–Kier alpha value is -4.39. The Labute approximate surface area is 340 Å². The van der Waals surface area contributed by atoms with Crippen LogP contribution in [0.5, 0.6) is 5.88 Å². The van der Waals surface area contributed by atoms with E-state index >= 15 is 0 Å². The second kappa shape index (κ2) is 19.6. The van der Waals surface area contributed by atoms with Gasteiger partial charge in [0, 0.05) is 41.0 Å². The van der Waals surface area contributed by atoms with Crippen LogP contribution < -0.4 is 15.4 Å². The number of aromatic nitrogens is 3. The molecule has 0 aliphatic carbocycles. The van der Waals surface area contributed by atoms with Crippen LogP contribution >= 0.6 is 11.3 Å². The minimum atomic E-state index is -4.79. The topological polar surface area (TPSA) is 151 Å². The van der Waals surface area contributed by atoms with Crippen molar-refractivity contribution in [3.63, 3.8) is 0 Å². The molecule has 0 radical (unpaired) electrons. The van der Waals surface area contributed by atoms with E-state index in [1.807, 2.05) is 14.1 Å². The van der Waals surface area contributed by atoms with Crippen LogP contribution in [-0.4, -0.2) is 134 Å². The quantitative estimate of drug-likeness (QED) is 0.190. The van der Waals surface area contributed by atoms with Crippen molar-refractivity contribution in [3.8, 4) is 27.6 Å². The smallest absolute Gasteiger partial charge is 0.434 e. The predicted molar refractivity (Wildman–Crippen MR) is 213 cm³/mol. The van der Waals surface area contributed by atoms with Gasteiger partial charge in [0.05, 0.1) is 25.4 Å². The lowest BCUT2D eigenvalue weighted by molar-refractivity contribution is -0.140. The van der Waals surface area contributed by atoms with E-state index in [0.717, 1.165) is 83.2 Å².